The van der Waals surface area contributed by atoms with E-state index in [0.717, 1.165) is 44.9 Å². The number of allylic oxidation sites excluding steroid dienone is 3. The number of aliphatic hydroxyl groups is 2. The van der Waals surface area contributed by atoms with Crippen molar-refractivity contribution >= 4 is 11.8 Å². The standard InChI is InChI=1S/C23H37NO4/c1-4-5-6-16-23-19(20(27)24-21(23)28)12-9-15-22(23,13-7-10-17(2)25)14-8-11-18(3)26/h9,12,15,17-18,25-26H,4-8,10-11,13-14,16H2,1-3H3,(H,24,27,28). The number of aliphatic hydroxyl groups excluding tert-OH is 2. The summed E-state index contributed by atoms with van der Waals surface area (Å²) in [7, 11) is 0. The molecular formula is C23H37NO4. The Morgan fingerprint density at radius 3 is 2.11 bits per heavy atom. The van der Waals surface area contributed by atoms with Crippen LogP contribution < -0.4 is 5.32 Å². The number of rotatable bonds is 12. The fourth-order valence-electron chi connectivity index (χ4n) is 5.06. The van der Waals surface area contributed by atoms with Crippen molar-refractivity contribution in [3.05, 3.63) is 23.8 Å². The quantitative estimate of drug-likeness (QED) is 0.349. The Morgan fingerprint density at radius 2 is 1.57 bits per heavy atom. The summed E-state index contributed by atoms with van der Waals surface area (Å²) < 4.78 is 0. The molecule has 2 amide bonds. The first kappa shape index (κ1) is 22.8. The van der Waals surface area contributed by atoms with Crippen LogP contribution in [0.15, 0.2) is 23.8 Å². The number of nitrogens with one attached hydrogen (secondary N) is 1. The van der Waals surface area contributed by atoms with Gasteiger partial charge in [0.2, 0.25) is 5.91 Å². The van der Waals surface area contributed by atoms with E-state index < -0.39 is 10.8 Å². The molecule has 28 heavy (non-hydrogen) atoms. The minimum absolute atomic E-state index is 0.168. The zero-order valence-corrected chi connectivity index (χ0v) is 17.7. The van der Waals surface area contributed by atoms with Gasteiger partial charge in [-0.15, -0.1) is 0 Å². The van der Waals surface area contributed by atoms with Gasteiger partial charge >= 0.3 is 0 Å². The maximum absolute atomic E-state index is 13.2. The normalized spacial score (nSPS) is 28.7. The first-order valence-corrected chi connectivity index (χ1v) is 10.9. The Labute approximate surface area is 169 Å². The molecule has 3 unspecified atom stereocenters. The number of fused-ring (bicyclic) bond motifs is 1. The van der Waals surface area contributed by atoms with Crippen LogP contribution in [0.1, 0.15) is 85.0 Å². The van der Waals surface area contributed by atoms with Crippen molar-refractivity contribution in [2.75, 3.05) is 0 Å². The van der Waals surface area contributed by atoms with Crippen molar-refractivity contribution in [2.24, 2.45) is 10.8 Å². The zero-order chi connectivity index (χ0) is 20.8. The summed E-state index contributed by atoms with van der Waals surface area (Å²) in [6.07, 6.45) is 13.2. The van der Waals surface area contributed by atoms with E-state index in [-0.39, 0.29) is 24.0 Å². The topological polar surface area (TPSA) is 86.6 Å². The SMILES string of the molecule is CCCCCC12C(=O)NC(=O)C1=CC=CC2(CCCC(C)O)CCCC(C)O. The third-order valence-electron chi connectivity index (χ3n) is 6.49. The number of imide groups is 1. The average Bonchev–Trinajstić information content (AvgIpc) is 2.87. The number of hydrogen-bond donors (Lipinski definition) is 3. The van der Waals surface area contributed by atoms with Crippen LogP contribution in [-0.4, -0.2) is 34.2 Å². The summed E-state index contributed by atoms with van der Waals surface area (Å²) in [5.74, 6) is -0.431. The van der Waals surface area contributed by atoms with Gasteiger partial charge in [0.25, 0.3) is 5.91 Å². The number of carbonyl (C=O) groups is 2. The monoisotopic (exact) mass is 391 g/mol. The molecule has 2 rings (SSSR count). The maximum atomic E-state index is 13.2. The van der Waals surface area contributed by atoms with Crippen LogP contribution in [0.5, 0.6) is 0 Å². The molecule has 0 aromatic carbocycles. The molecule has 1 fully saturated rings. The van der Waals surface area contributed by atoms with Gasteiger partial charge in [0.1, 0.15) is 0 Å². The van der Waals surface area contributed by atoms with E-state index in [1.165, 1.54) is 0 Å². The van der Waals surface area contributed by atoms with Crippen LogP contribution in [0.2, 0.25) is 0 Å². The molecule has 0 aromatic heterocycles. The highest BCUT2D eigenvalue weighted by molar-refractivity contribution is 6.18. The van der Waals surface area contributed by atoms with Gasteiger partial charge in [-0.05, 0) is 58.8 Å². The average molecular weight is 392 g/mol. The molecule has 0 radical (unpaired) electrons. The lowest BCUT2D eigenvalue weighted by Crippen LogP contribution is -2.48. The fourth-order valence-corrected chi connectivity index (χ4v) is 5.06. The van der Waals surface area contributed by atoms with Gasteiger partial charge in [-0.25, -0.2) is 0 Å². The number of carbonyl (C=O) groups excluding carboxylic acids is 2. The first-order valence-electron chi connectivity index (χ1n) is 10.9. The summed E-state index contributed by atoms with van der Waals surface area (Å²) in [5, 5.41) is 22.1. The molecule has 1 aliphatic carbocycles. The molecule has 1 aliphatic heterocycles. The van der Waals surface area contributed by atoms with E-state index in [1.54, 1.807) is 13.8 Å². The predicted octanol–water partition coefficient (Wildman–Crippen LogP) is 3.79. The maximum Gasteiger partial charge on any atom is 0.254 e. The van der Waals surface area contributed by atoms with Crippen molar-refractivity contribution in [3.63, 3.8) is 0 Å². The smallest absolute Gasteiger partial charge is 0.254 e. The minimum Gasteiger partial charge on any atom is -0.393 e. The number of unbranched alkanes of at least 4 members (excludes halogenated alkanes) is 2. The minimum atomic E-state index is -0.828. The van der Waals surface area contributed by atoms with Crippen molar-refractivity contribution in [1.29, 1.82) is 0 Å². The van der Waals surface area contributed by atoms with Crippen LogP contribution in [-0.2, 0) is 9.59 Å². The molecule has 0 saturated carbocycles. The molecule has 2 aliphatic rings. The van der Waals surface area contributed by atoms with Crippen LogP contribution >= 0.6 is 0 Å². The Bertz CT molecular complexity index is 606. The van der Waals surface area contributed by atoms with Gasteiger partial charge < -0.3 is 10.2 Å². The first-order chi connectivity index (χ1) is 13.3. The number of hydrogen-bond acceptors (Lipinski definition) is 4. The van der Waals surface area contributed by atoms with Gasteiger partial charge in [0, 0.05) is 11.0 Å². The molecule has 1 saturated heterocycles. The highest BCUT2D eigenvalue weighted by atomic mass is 16.3. The van der Waals surface area contributed by atoms with E-state index >= 15 is 0 Å². The van der Waals surface area contributed by atoms with Crippen molar-refractivity contribution in [3.8, 4) is 0 Å². The lowest BCUT2D eigenvalue weighted by atomic mass is 9.52. The van der Waals surface area contributed by atoms with E-state index in [2.05, 4.69) is 18.3 Å². The Balaban J connectivity index is 2.41. The summed E-state index contributed by atoms with van der Waals surface area (Å²) in [6, 6.07) is 0. The molecule has 5 nitrogen and oxygen atoms in total. The molecule has 0 spiro atoms. The Hall–Kier alpha value is -1.46. The molecular weight excluding hydrogens is 354 g/mol. The van der Waals surface area contributed by atoms with Gasteiger partial charge in [-0.1, -0.05) is 44.4 Å². The molecule has 5 heteroatoms. The van der Waals surface area contributed by atoms with E-state index in [1.807, 2.05) is 12.2 Å². The van der Waals surface area contributed by atoms with Crippen LogP contribution in [0.25, 0.3) is 0 Å². The van der Waals surface area contributed by atoms with Crippen molar-refractivity contribution in [2.45, 2.75) is 97.2 Å². The Kier molecular flexibility index (Phi) is 8.02. The van der Waals surface area contributed by atoms with Crippen LogP contribution in [0.3, 0.4) is 0 Å². The molecule has 0 bridgehead atoms. The summed E-state index contributed by atoms with van der Waals surface area (Å²) >= 11 is 0. The van der Waals surface area contributed by atoms with Crippen LogP contribution in [0, 0.1) is 10.8 Å². The molecule has 1 heterocycles. The third-order valence-corrected chi connectivity index (χ3v) is 6.49. The van der Waals surface area contributed by atoms with E-state index in [0.29, 0.717) is 24.8 Å². The largest absolute Gasteiger partial charge is 0.393 e. The van der Waals surface area contributed by atoms with Crippen LogP contribution in [0.4, 0.5) is 0 Å². The van der Waals surface area contributed by atoms with Gasteiger partial charge in [0.05, 0.1) is 17.6 Å². The van der Waals surface area contributed by atoms with E-state index in [4.69, 9.17) is 0 Å². The van der Waals surface area contributed by atoms with Gasteiger partial charge in [-0.2, -0.15) is 0 Å². The number of amides is 2. The second kappa shape index (κ2) is 9.84. The van der Waals surface area contributed by atoms with Gasteiger partial charge in [-0.3, -0.25) is 14.9 Å². The molecule has 3 atom stereocenters. The van der Waals surface area contributed by atoms with Crippen molar-refractivity contribution in [1.82, 2.24) is 5.32 Å². The Morgan fingerprint density at radius 1 is 0.964 bits per heavy atom. The molecule has 0 aromatic rings. The predicted molar refractivity (Wildman–Crippen MR) is 110 cm³/mol. The van der Waals surface area contributed by atoms with E-state index in [9.17, 15) is 19.8 Å². The highest BCUT2D eigenvalue weighted by Gasteiger charge is 2.62. The highest BCUT2D eigenvalue weighted by Crippen LogP contribution is 2.59. The second-order valence-corrected chi connectivity index (χ2v) is 8.72. The molecule has 158 valence electrons. The lowest BCUT2D eigenvalue weighted by molar-refractivity contribution is -0.133. The van der Waals surface area contributed by atoms with Gasteiger partial charge in [0.15, 0.2) is 0 Å². The third kappa shape index (κ3) is 4.57. The fraction of sp³-hybridized carbons (Fsp3) is 0.739. The summed E-state index contributed by atoms with van der Waals surface area (Å²) in [5.41, 5.74) is -0.679. The summed E-state index contributed by atoms with van der Waals surface area (Å²) in [4.78, 5) is 25.8. The second-order valence-electron chi connectivity index (χ2n) is 8.72. The molecule has 3 N–H and O–H groups in total. The van der Waals surface area contributed by atoms with Crippen molar-refractivity contribution < 1.29 is 19.8 Å². The zero-order valence-electron chi connectivity index (χ0n) is 17.7. The summed E-state index contributed by atoms with van der Waals surface area (Å²) in [6.45, 7) is 5.70. The lowest BCUT2D eigenvalue weighted by Gasteiger charge is -2.48.